The van der Waals surface area contributed by atoms with Crippen LogP contribution in [0.5, 0.6) is 0 Å². The van der Waals surface area contributed by atoms with E-state index in [9.17, 15) is 4.79 Å². The molecule has 0 aliphatic carbocycles. The highest BCUT2D eigenvalue weighted by atomic mass is 16.1. The van der Waals surface area contributed by atoms with E-state index in [2.05, 4.69) is 23.4 Å². The molecule has 4 nitrogen and oxygen atoms in total. The number of hydrogen-bond donors (Lipinski definition) is 1. The Morgan fingerprint density at radius 1 is 1.12 bits per heavy atom. The van der Waals surface area contributed by atoms with Gasteiger partial charge >= 0.3 is 0 Å². The van der Waals surface area contributed by atoms with Crippen LogP contribution in [-0.4, -0.2) is 15.6 Å². The van der Waals surface area contributed by atoms with Gasteiger partial charge in [0.25, 0.3) is 0 Å². The van der Waals surface area contributed by atoms with E-state index < -0.39 is 0 Å². The first-order chi connectivity index (χ1) is 12.0. The lowest BCUT2D eigenvalue weighted by Crippen LogP contribution is -2.10. The Labute approximate surface area is 148 Å². The van der Waals surface area contributed by atoms with Crippen LogP contribution in [-0.2, 0) is 6.54 Å². The average molecular weight is 333 g/mol. The van der Waals surface area contributed by atoms with Gasteiger partial charge in [-0.1, -0.05) is 18.2 Å². The predicted molar refractivity (Wildman–Crippen MR) is 102 cm³/mol. The molecule has 25 heavy (non-hydrogen) atoms. The molecule has 1 heterocycles. The number of benzene rings is 2. The lowest BCUT2D eigenvalue weighted by atomic mass is 9.91. The van der Waals surface area contributed by atoms with Gasteiger partial charge in [0.15, 0.2) is 5.78 Å². The van der Waals surface area contributed by atoms with Crippen LogP contribution in [0.25, 0.3) is 5.69 Å². The van der Waals surface area contributed by atoms with Crippen molar-refractivity contribution < 1.29 is 4.79 Å². The number of para-hydroxylation sites is 2. The van der Waals surface area contributed by atoms with Gasteiger partial charge in [-0.25, -0.2) is 4.68 Å². The van der Waals surface area contributed by atoms with E-state index in [1.54, 1.807) is 13.1 Å². The largest absolute Gasteiger partial charge is 0.379 e. The van der Waals surface area contributed by atoms with Crippen LogP contribution in [0.3, 0.4) is 0 Å². The van der Waals surface area contributed by atoms with E-state index in [0.717, 1.165) is 28.1 Å². The number of aryl methyl sites for hydroxylation is 2. The van der Waals surface area contributed by atoms with Crippen LogP contribution in [0.4, 0.5) is 5.69 Å². The van der Waals surface area contributed by atoms with Crippen molar-refractivity contribution in [3.05, 3.63) is 76.6 Å². The summed E-state index contributed by atoms with van der Waals surface area (Å²) in [7, 11) is 0. The molecule has 3 rings (SSSR count). The number of nitrogens with one attached hydrogen (secondary N) is 1. The van der Waals surface area contributed by atoms with Crippen LogP contribution in [0.15, 0.2) is 48.8 Å². The van der Waals surface area contributed by atoms with Crippen LogP contribution < -0.4 is 5.32 Å². The fourth-order valence-corrected chi connectivity index (χ4v) is 3.46. The Morgan fingerprint density at radius 2 is 1.88 bits per heavy atom. The summed E-state index contributed by atoms with van der Waals surface area (Å²) in [5.74, 6) is 0.119. The van der Waals surface area contributed by atoms with E-state index >= 15 is 0 Å². The van der Waals surface area contributed by atoms with Crippen molar-refractivity contribution in [3.63, 3.8) is 0 Å². The first-order valence-electron chi connectivity index (χ1n) is 8.42. The second kappa shape index (κ2) is 6.93. The highest BCUT2D eigenvalue weighted by Gasteiger charge is 2.14. The maximum Gasteiger partial charge on any atom is 0.160 e. The van der Waals surface area contributed by atoms with E-state index in [0.29, 0.717) is 6.54 Å². The van der Waals surface area contributed by atoms with Crippen molar-refractivity contribution in [2.75, 3.05) is 5.32 Å². The number of aromatic nitrogens is 2. The number of Topliss-reactive ketones (excluding diaryl/α,β-unsaturated/α-hetero) is 1. The van der Waals surface area contributed by atoms with E-state index in [1.165, 1.54) is 11.1 Å². The van der Waals surface area contributed by atoms with Crippen LogP contribution in [0, 0.1) is 20.8 Å². The molecule has 1 aromatic heterocycles. The molecular formula is C21H23N3O. The maximum atomic E-state index is 12.0. The van der Waals surface area contributed by atoms with Gasteiger partial charge < -0.3 is 5.32 Å². The number of hydrogen-bond acceptors (Lipinski definition) is 3. The first kappa shape index (κ1) is 17.0. The van der Waals surface area contributed by atoms with E-state index in [-0.39, 0.29) is 5.78 Å². The van der Waals surface area contributed by atoms with Crippen molar-refractivity contribution in [1.82, 2.24) is 9.78 Å². The molecule has 0 radical (unpaired) electrons. The molecule has 3 aromatic rings. The lowest BCUT2D eigenvalue weighted by molar-refractivity contribution is 0.101. The lowest BCUT2D eigenvalue weighted by Gasteiger charge is -2.18. The second-order valence-electron chi connectivity index (χ2n) is 6.37. The molecule has 1 N–H and O–H groups in total. The highest BCUT2D eigenvalue weighted by molar-refractivity contribution is 5.97. The summed E-state index contributed by atoms with van der Waals surface area (Å²) < 4.78 is 1.85. The predicted octanol–water partition coefficient (Wildman–Crippen LogP) is 4.61. The van der Waals surface area contributed by atoms with Crippen molar-refractivity contribution in [3.8, 4) is 5.69 Å². The second-order valence-corrected chi connectivity index (χ2v) is 6.37. The molecule has 0 unspecified atom stereocenters. The van der Waals surface area contributed by atoms with Crippen LogP contribution in [0.2, 0.25) is 0 Å². The third-order valence-corrected chi connectivity index (χ3v) is 4.59. The van der Waals surface area contributed by atoms with Gasteiger partial charge in [0, 0.05) is 24.5 Å². The Hall–Kier alpha value is -2.88. The number of anilines is 1. The zero-order chi connectivity index (χ0) is 18.0. The van der Waals surface area contributed by atoms with Crippen molar-refractivity contribution in [2.24, 2.45) is 0 Å². The Balaban J connectivity index is 1.94. The number of rotatable bonds is 5. The topological polar surface area (TPSA) is 46.9 Å². The average Bonchev–Trinajstić information content (AvgIpc) is 3.08. The Bertz CT molecular complexity index is 911. The molecule has 0 aliphatic rings. The minimum Gasteiger partial charge on any atom is -0.379 e. The van der Waals surface area contributed by atoms with Crippen LogP contribution in [0.1, 0.15) is 39.5 Å². The summed E-state index contributed by atoms with van der Waals surface area (Å²) in [5.41, 5.74) is 7.33. The van der Waals surface area contributed by atoms with E-state index in [1.807, 2.05) is 55.1 Å². The monoisotopic (exact) mass is 333 g/mol. The SMILES string of the molecule is CC(=O)c1c(C)cc(C)c(CNc2ccccc2-n2cccn2)c1C. The molecule has 0 atom stereocenters. The summed E-state index contributed by atoms with van der Waals surface area (Å²) in [6, 6.07) is 12.1. The zero-order valence-electron chi connectivity index (χ0n) is 15.1. The molecule has 0 saturated heterocycles. The third kappa shape index (κ3) is 3.33. The molecular weight excluding hydrogens is 310 g/mol. The van der Waals surface area contributed by atoms with Crippen molar-refractivity contribution >= 4 is 11.5 Å². The van der Waals surface area contributed by atoms with Crippen molar-refractivity contribution in [2.45, 2.75) is 34.2 Å². The van der Waals surface area contributed by atoms with Gasteiger partial charge in [0.1, 0.15) is 0 Å². The highest BCUT2D eigenvalue weighted by Crippen LogP contribution is 2.25. The Kier molecular flexibility index (Phi) is 4.70. The van der Waals surface area contributed by atoms with Gasteiger partial charge in [-0.15, -0.1) is 0 Å². The third-order valence-electron chi connectivity index (χ3n) is 4.59. The smallest absolute Gasteiger partial charge is 0.160 e. The molecule has 0 amide bonds. The normalized spacial score (nSPS) is 10.7. The fourth-order valence-electron chi connectivity index (χ4n) is 3.46. The minimum absolute atomic E-state index is 0.119. The fraction of sp³-hybridized carbons (Fsp3) is 0.238. The van der Waals surface area contributed by atoms with Gasteiger partial charge in [0.2, 0.25) is 0 Å². The standard InChI is InChI=1S/C21H23N3O/c1-14-12-15(2)21(17(4)25)16(3)18(14)13-22-19-8-5-6-9-20(19)24-11-7-10-23-24/h5-12,22H,13H2,1-4H3. The number of carbonyl (C=O) groups excluding carboxylic acids is 1. The quantitative estimate of drug-likeness (QED) is 0.694. The molecule has 2 aromatic carbocycles. The first-order valence-corrected chi connectivity index (χ1v) is 8.42. The molecule has 0 saturated carbocycles. The van der Waals surface area contributed by atoms with Gasteiger partial charge in [-0.2, -0.15) is 5.10 Å². The number of ketones is 1. The Morgan fingerprint density at radius 3 is 2.56 bits per heavy atom. The number of nitrogens with zero attached hydrogens (tertiary/aromatic N) is 2. The van der Waals surface area contributed by atoms with Crippen molar-refractivity contribution in [1.29, 1.82) is 0 Å². The van der Waals surface area contributed by atoms with Crippen LogP contribution >= 0.6 is 0 Å². The molecule has 4 heteroatoms. The molecule has 0 aliphatic heterocycles. The maximum absolute atomic E-state index is 12.0. The molecule has 128 valence electrons. The summed E-state index contributed by atoms with van der Waals surface area (Å²) in [5, 5.41) is 7.83. The molecule has 0 bridgehead atoms. The van der Waals surface area contributed by atoms with Gasteiger partial charge in [-0.3, -0.25) is 4.79 Å². The molecule has 0 fully saturated rings. The minimum atomic E-state index is 0.119. The zero-order valence-corrected chi connectivity index (χ0v) is 15.1. The van der Waals surface area contributed by atoms with Gasteiger partial charge in [-0.05, 0) is 68.1 Å². The number of carbonyl (C=O) groups is 1. The molecule has 0 spiro atoms. The summed E-state index contributed by atoms with van der Waals surface area (Å²) in [6.07, 6.45) is 3.70. The van der Waals surface area contributed by atoms with E-state index in [4.69, 9.17) is 0 Å². The summed E-state index contributed by atoms with van der Waals surface area (Å²) in [4.78, 5) is 12.0. The summed E-state index contributed by atoms with van der Waals surface area (Å²) in [6.45, 7) is 8.43. The summed E-state index contributed by atoms with van der Waals surface area (Å²) >= 11 is 0. The van der Waals surface area contributed by atoms with Gasteiger partial charge in [0.05, 0.1) is 11.4 Å².